The SMILES string of the molecule is CC(C)(C)OC(=O)N[C@@H](Cc1ccccc1)C(O)CNCCCCC#N.Cc1ccc(S(=O)(=O)N(CCCCC#N)CC(O)[C@H](Cc2ccccc2)NC(=O)OC(C)(C)C)cc1.O. The molecule has 16 heteroatoms. The average molecular weight is 895 g/mol. The van der Waals surface area contributed by atoms with Crippen LogP contribution in [-0.4, -0.2) is 102 Å². The number of ether oxygens (including phenoxy) is 2. The molecule has 0 bridgehead atoms. The van der Waals surface area contributed by atoms with Crippen LogP contribution in [0.5, 0.6) is 0 Å². The Labute approximate surface area is 375 Å². The van der Waals surface area contributed by atoms with E-state index in [2.05, 4.69) is 28.1 Å². The number of carbonyl (C=O) groups is 2. The van der Waals surface area contributed by atoms with Crippen LogP contribution in [0, 0.1) is 29.6 Å². The van der Waals surface area contributed by atoms with Crippen molar-refractivity contribution in [1.29, 1.82) is 10.5 Å². The number of carbonyl (C=O) groups excluding carboxylic acids is 2. The number of nitrogens with zero attached hydrogens (tertiary/aromatic N) is 3. The molecule has 2 amide bonds. The number of hydrogen-bond acceptors (Lipinski definition) is 11. The Morgan fingerprint density at radius 3 is 1.59 bits per heavy atom. The number of aliphatic hydroxyl groups excluding tert-OH is 2. The van der Waals surface area contributed by atoms with E-state index in [1.165, 1.54) is 4.31 Å². The van der Waals surface area contributed by atoms with Gasteiger partial charge < -0.3 is 41.1 Å². The summed E-state index contributed by atoms with van der Waals surface area (Å²) in [4.78, 5) is 24.8. The molecule has 3 rings (SSSR count). The van der Waals surface area contributed by atoms with Crippen LogP contribution in [0.4, 0.5) is 9.59 Å². The van der Waals surface area contributed by atoms with E-state index in [0.717, 1.165) is 36.1 Å². The van der Waals surface area contributed by atoms with Crippen molar-refractivity contribution in [2.24, 2.45) is 0 Å². The topological polar surface area (TPSA) is 246 Å². The fourth-order valence-electron chi connectivity index (χ4n) is 6.06. The molecule has 15 nitrogen and oxygen atoms in total. The Kier molecular flexibility index (Phi) is 25.4. The highest BCUT2D eigenvalue weighted by Crippen LogP contribution is 2.20. The zero-order chi connectivity index (χ0) is 46.2. The van der Waals surface area contributed by atoms with Crippen molar-refractivity contribution >= 4 is 22.2 Å². The van der Waals surface area contributed by atoms with Crippen molar-refractivity contribution in [1.82, 2.24) is 20.3 Å². The minimum Gasteiger partial charge on any atom is -0.444 e. The highest BCUT2D eigenvalue weighted by Gasteiger charge is 2.32. The summed E-state index contributed by atoms with van der Waals surface area (Å²) in [5.41, 5.74) is 1.51. The van der Waals surface area contributed by atoms with E-state index in [1.54, 1.807) is 65.8 Å². The van der Waals surface area contributed by atoms with E-state index in [9.17, 15) is 28.2 Å². The van der Waals surface area contributed by atoms with Crippen molar-refractivity contribution in [3.05, 3.63) is 102 Å². The lowest BCUT2D eigenvalue weighted by molar-refractivity contribution is 0.0399. The fraction of sp³-hybridized carbons (Fsp3) is 0.532. The van der Waals surface area contributed by atoms with Crippen LogP contribution < -0.4 is 16.0 Å². The largest absolute Gasteiger partial charge is 0.444 e. The highest BCUT2D eigenvalue weighted by molar-refractivity contribution is 7.89. The smallest absolute Gasteiger partial charge is 0.407 e. The Bertz CT molecular complexity index is 1940. The van der Waals surface area contributed by atoms with Gasteiger partial charge in [-0.2, -0.15) is 14.8 Å². The van der Waals surface area contributed by atoms with Gasteiger partial charge in [-0.15, -0.1) is 0 Å². The van der Waals surface area contributed by atoms with Crippen LogP contribution in [0.1, 0.15) is 96.8 Å². The lowest BCUT2D eigenvalue weighted by Gasteiger charge is -2.30. The minimum atomic E-state index is -3.92. The van der Waals surface area contributed by atoms with Crippen molar-refractivity contribution in [2.75, 3.05) is 26.2 Å². The summed E-state index contributed by atoms with van der Waals surface area (Å²) in [6.45, 7) is 13.5. The third-order valence-electron chi connectivity index (χ3n) is 9.17. The predicted molar refractivity (Wildman–Crippen MR) is 244 cm³/mol. The van der Waals surface area contributed by atoms with E-state index in [1.807, 2.05) is 67.6 Å². The number of rotatable bonds is 22. The fourth-order valence-corrected chi connectivity index (χ4v) is 7.56. The van der Waals surface area contributed by atoms with Gasteiger partial charge in [0.05, 0.1) is 41.3 Å². The molecule has 63 heavy (non-hydrogen) atoms. The molecule has 3 aromatic rings. The molecule has 0 fully saturated rings. The lowest BCUT2D eigenvalue weighted by Crippen LogP contribution is -2.51. The summed E-state index contributed by atoms with van der Waals surface area (Å²) in [6, 6.07) is 28.5. The van der Waals surface area contributed by atoms with E-state index < -0.39 is 57.7 Å². The van der Waals surface area contributed by atoms with Crippen LogP contribution in [-0.2, 0) is 32.3 Å². The van der Waals surface area contributed by atoms with Gasteiger partial charge in [-0.05, 0) is 117 Å². The first kappa shape index (κ1) is 55.9. The van der Waals surface area contributed by atoms with Crippen molar-refractivity contribution in [3.8, 4) is 12.1 Å². The summed E-state index contributed by atoms with van der Waals surface area (Å²) in [7, 11) is -3.92. The number of nitriles is 2. The number of aliphatic hydroxyl groups is 2. The molecule has 4 atom stereocenters. The lowest BCUT2D eigenvalue weighted by atomic mass is 10.0. The third kappa shape index (κ3) is 23.8. The Balaban J connectivity index is 0.000000653. The standard InChI is InChI=1S/C27H37N3O5S.C20H31N3O3.H2O/c1-21-13-15-23(16-14-21)36(33,34)30(18-10-6-9-17-28)20-25(31)24(19-22-11-7-5-8-12-22)29-26(32)35-27(2,3)4;1-20(2,3)26-19(25)23-17(14-16-10-6-4-7-11-16)18(24)15-22-13-9-5-8-12-21;/h5,7-8,11-16,24-25,31H,6,9-10,18-20H2,1-4H3,(H,29,32);4,6-7,10-11,17-18,22,24H,5,8-9,13-15H2,1-3H3,(H,23,25);1H2/t24-,25?;17-,18?;/m00./s1. The summed E-state index contributed by atoms with van der Waals surface area (Å²) < 4.78 is 38.9. The first-order chi connectivity index (χ1) is 29.2. The van der Waals surface area contributed by atoms with Gasteiger partial charge >= 0.3 is 12.2 Å². The molecule has 0 aliphatic carbocycles. The molecule has 7 N–H and O–H groups in total. The maximum Gasteiger partial charge on any atom is 0.407 e. The summed E-state index contributed by atoms with van der Waals surface area (Å²) in [6.07, 6.45) is 1.18. The summed E-state index contributed by atoms with van der Waals surface area (Å²) >= 11 is 0. The van der Waals surface area contributed by atoms with Gasteiger partial charge in [-0.25, -0.2) is 18.0 Å². The molecule has 0 radical (unpaired) electrons. The van der Waals surface area contributed by atoms with E-state index in [4.69, 9.17) is 20.0 Å². The van der Waals surface area contributed by atoms with E-state index in [-0.39, 0.29) is 29.9 Å². The molecule has 0 saturated carbocycles. The normalized spacial score (nSPS) is 13.3. The first-order valence-electron chi connectivity index (χ1n) is 21.2. The number of benzene rings is 3. The van der Waals surface area contributed by atoms with Crippen molar-refractivity contribution in [2.45, 2.75) is 140 Å². The second-order valence-electron chi connectivity index (χ2n) is 17.1. The maximum atomic E-state index is 13.5. The van der Waals surface area contributed by atoms with Crippen LogP contribution in [0.25, 0.3) is 0 Å². The van der Waals surface area contributed by atoms with Gasteiger partial charge in [0.1, 0.15) is 11.2 Å². The molecule has 0 aromatic heterocycles. The third-order valence-corrected chi connectivity index (χ3v) is 11.1. The van der Waals surface area contributed by atoms with Gasteiger partial charge in [0.15, 0.2) is 0 Å². The maximum absolute atomic E-state index is 13.5. The quantitative estimate of drug-likeness (QED) is 0.0720. The number of nitrogens with one attached hydrogen (secondary N) is 3. The van der Waals surface area contributed by atoms with Crippen LogP contribution in [0.15, 0.2) is 89.8 Å². The number of amides is 2. The van der Waals surface area contributed by atoms with E-state index in [0.29, 0.717) is 38.6 Å². The van der Waals surface area contributed by atoms with Crippen LogP contribution in [0.2, 0.25) is 0 Å². The van der Waals surface area contributed by atoms with Gasteiger partial charge in [0, 0.05) is 32.5 Å². The molecule has 0 heterocycles. The zero-order valence-corrected chi connectivity index (χ0v) is 38.8. The Hall–Kier alpha value is -5.07. The average Bonchev–Trinajstić information content (AvgIpc) is 3.19. The predicted octanol–water partition coefficient (Wildman–Crippen LogP) is 6.12. The molecule has 0 aliphatic heterocycles. The first-order valence-corrected chi connectivity index (χ1v) is 22.6. The van der Waals surface area contributed by atoms with Gasteiger partial charge in [-0.3, -0.25) is 0 Å². The summed E-state index contributed by atoms with van der Waals surface area (Å²) in [5.74, 6) is 0. The second-order valence-corrected chi connectivity index (χ2v) is 19.1. The second kappa shape index (κ2) is 28.6. The molecule has 0 aliphatic rings. The molecule has 3 aromatic carbocycles. The monoisotopic (exact) mass is 894 g/mol. The van der Waals surface area contributed by atoms with E-state index >= 15 is 0 Å². The minimum absolute atomic E-state index is 0. The summed E-state index contributed by atoms with van der Waals surface area (Å²) in [5, 5.41) is 47.8. The molecule has 0 spiro atoms. The van der Waals surface area contributed by atoms with Crippen LogP contribution >= 0.6 is 0 Å². The number of alkyl carbamates (subject to hydrolysis) is 2. The Morgan fingerprint density at radius 2 is 1.14 bits per heavy atom. The van der Waals surface area contributed by atoms with Crippen LogP contribution in [0.3, 0.4) is 0 Å². The highest BCUT2D eigenvalue weighted by atomic mass is 32.2. The number of sulfonamides is 1. The molecule has 348 valence electrons. The number of aryl methyl sites for hydroxylation is 1. The van der Waals surface area contributed by atoms with Gasteiger partial charge in [-0.1, -0.05) is 78.4 Å². The molecule has 0 saturated heterocycles. The van der Waals surface area contributed by atoms with Crippen molar-refractivity contribution < 1.29 is 43.2 Å². The zero-order valence-electron chi connectivity index (χ0n) is 38.0. The Morgan fingerprint density at radius 1 is 0.698 bits per heavy atom. The van der Waals surface area contributed by atoms with Crippen molar-refractivity contribution in [3.63, 3.8) is 0 Å². The molecule has 2 unspecified atom stereocenters. The van der Waals surface area contributed by atoms with Gasteiger partial charge in [0.2, 0.25) is 10.0 Å². The molecular formula is C47H70N6O9S. The molecular weight excluding hydrogens is 825 g/mol. The van der Waals surface area contributed by atoms with Gasteiger partial charge in [0.25, 0.3) is 0 Å². The number of hydrogen-bond donors (Lipinski definition) is 5. The number of unbranched alkanes of at least 4 members (excludes halogenated alkanes) is 4.